The Morgan fingerprint density at radius 3 is 2.53 bits per heavy atom. The van der Waals surface area contributed by atoms with Crippen molar-refractivity contribution >= 4 is 28.2 Å². The lowest BCUT2D eigenvalue weighted by molar-refractivity contribution is -0.121. The number of hydrogen-bond acceptors (Lipinski definition) is 4. The lowest BCUT2D eigenvalue weighted by atomic mass is 9.98. The zero-order valence-electron chi connectivity index (χ0n) is 10.3. The van der Waals surface area contributed by atoms with E-state index < -0.39 is 22.1 Å². The molecule has 1 heterocycles. The van der Waals surface area contributed by atoms with Gasteiger partial charge < -0.3 is 5.73 Å². The predicted molar refractivity (Wildman–Crippen MR) is 75.7 cm³/mol. The molecule has 2 rings (SSSR count). The molecule has 0 bridgehead atoms. The van der Waals surface area contributed by atoms with Crippen molar-refractivity contribution in [3.05, 3.63) is 35.9 Å². The first kappa shape index (κ1) is 16.1. The molecule has 19 heavy (non-hydrogen) atoms. The summed E-state index contributed by atoms with van der Waals surface area (Å²) in [6.07, 6.45) is 0.738. The van der Waals surface area contributed by atoms with Crippen molar-refractivity contribution in [3.8, 4) is 0 Å². The summed E-state index contributed by atoms with van der Waals surface area (Å²) in [5.74, 6) is -0.235. The van der Waals surface area contributed by atoms with E-state index in [-0.39, 0.29) is 23.9 Å². The van der Waals surface area contributed by atoms with E-state index >= 15 is 0 Å². The van der Waals surface area contributed by atoms with E-state index in [1.165, 1.54) is 0 Å². The van der Waals surface area contributed by atoms with Crippen LogP contribution in [-0.4, -0.2) is 32.0 Å². The molecule has 0 saturated carbocycles. The van der Waals surface area contributed by atoms with Crippen LogP contribution in [0.25, 0.3) is 0 Å². The maximum absolute atomic E-state index is 12.0. The Kier molecular flexibility index (Phi) is 5.49. The van der Waals surface area contributed by atoms with Crippen LogP contribution in [0.1, 0.15) is 12.0 Å². The van der Waals surface area contributed by atoms with Crippen LogP contribution in [-0.2, 0) is 21.2 Å². The van der Waals surface area contributed by atoms with E-state index in [4.69, 9.17) is 5.73 Å². The number of ketones is 1. The molecule has 0 aromatic heterocycles. The van der Waals surface area contributed by atoms with Gasteiger partial charge in [0.25, 0.3) is 0 Å². The third-order valence-electron chi connectivity index (χ3n) is 3.00. The van der Waals surface area contributed by atoms with Gasteiger partial charge in [0, 0.05) is 0 Å². The quantitative estimate of drug-likeness (QED) is 0.834. The van der Waals surface area contributed by atoms with Crippen molar-refractivity contribution in [1.29, 1.82) is 0 Å². The summed E-state index contributed by atoms with van der Waals surface area (Å²) in [6.45, 7) is 0. The topological polar surface area (TPSA) is 89.3 Å². The predicted octanol–water partition coefficient (Wildman–Crippen LogP) is 0.239. The number of carbonyl (C=O) groups excluding carboxylic acids is 1. The molecule has 1 aliphatic rings. The van der Waals surface area contributed by atoms with Crippen LogP contribution in [0.3, 0.4) is 0 Å². The minimum Gasteiger partial charge on any atom is -0.321 e. The first-order valence-electron chi connectivity index (χ1n) is 5.81. The third kappa shape index (κ3) is 4.28. The van der Waals surface area contributed by atoms with Gasteiger partial charge in [-0.25, -0.2) is 13.1 Å². The Balaban J connectivity index is 0.00000180. The van der Waals surface area contributed by atoms with Crippen LogP contribution in [0.2, 0.25) is 0 Å². The van der Waals surface area contributed by atoms with E-state index in [1.807, 2.05) is 30.3 Å². The number of sulfonamides is 1. The van der Waals surface area contributed by atoms with Gasteiger partial charge in [0.2, 0.25) is 10.0 Å². The fourth-order valence-electron chi connectivity index (χ4n) is 2.03. The summed E-state index contributed by atoms with van der Waals surface area (Å²) in [4.78, 5) is 12.0. The molecule has 0 aliphatic carbocycles. The van der Waals surface area contributed by atoms with Crippen LogP contribution in [0.15, 0.2) is 30.3 Å². The second-order valence-corrected chi connectivity index (χ2v) is 6.35. The number of carbonyl (C=O) groups is 1. The minimum atomic E-state index is -3.27. The molecule has 1 aromatic rings. The van der Waals surface area contributed by atoms with Gasteiger partial charge in [-0.1, -0.05) is 30.3 Å². The van der Waals surface area contributed by atoms with Crippen molar-refractivity contribution in [2.24, 2.45) is 5.73 Å². The van der Waals surface area contributed by atoms with Gasteiger partial charge in [0.1, 0.15) is 0 Å². The smallest absolute Gasteiger partial charge is 0.212 e. The number of nitrogens with one attached hydrogen (secondary N) is 1. The summed E-state index contributed by atoms with van der Waals surface area (Å²) in [5, 5.41) is 0. The number of rotatable bonds is 4. The van der Waals surface area contributed by atoms with E-state index in [1.54, 1.807) is 0 Å². The second kappa shape index (κ2) is 6.47. The first-order valence-corrected chi connectivity index (χ1v) is 7.46. The highest BCUT2D eigenvalue weighted by molar-refractivity contribution is 7.89. The van der Waals surface area contributed by atoms with E-state index in [0.717, 1.165) is 5.56 Å². The molecular weight excluding hydrogens is 288 g/mol. The average Bonchev–Trinajstić information content (AvgIpc) is 2.70. The largest absolute Gasteiger partial charge is 0.321 e. The maximum Gasteiger partial charge on any atom is 0.212 e. The van der Waals surface area contributed by atoms with Gasteiger partial charge in [0.05, 0.1) is 17.8 Å². The van der Waals surface area contributed by atoms with Crippen LogP contribution < -0.4 is 10.5 Å². The molecule has 7 heteroatoms. The molecular formula is C12H17ClN2O3S. The first-order chi connectivity index (χ1) is 8.48. The number of Topliss-reactive ketones (excluding diaryl/α,β-unsaturated/α-hetero) is 1. The Bertz CT molecular complexity index is 533. The summed E-state index contributed by atoms with van der Waals surface area (Å²) < 4.78 is 24.8. The molecule has 2 atom stereocenters. The Labute approximate surface area is 119 Å². The number of nitrogens with two attached hydrogens (primary N) is 1. The lowest BCUT2D eigenvalue weighted by Gasteiger charge is -2.14. The molecule has 5 nitrogen and oxygen atoms in total. The summed E-state index contributed by atoms with van der Waals surface area (Å²) >= 11 is 0. The fraction of sp³-hybridized carbons (Fsp3) is 0.417. The summed E-state index contributed by atoms with van der Waals surface area (Å²) in [5.41, 5.74) is 6.80. The zero-order chi connectivity index (χ0) is 13.2. The molecule has 0 radical (unpaired) electrons. The van der Waals surface area contributed by atoms with Crippen molar-refractivity contribution in [1.82, 2.24) is 4.72 Å². The Hall–Kier alpha value is -0.950. The highest BCUT2D eigenvalue weighted by atomic mass is 35.5. The van der Waals surface area contributed by atoms with E-state index in [9.17, 15) is 13.2 Å². The van der Waals surface area contributed by atoms with Gasteiger partial charge in [-0.2, -0.15) is 0 Å². The van der Waals surface area contributed by atoms with Crippen molar-refractivity contribution in [2.75, 3.05) is 5.75 Å². The number of hydrogen-bond donors (Lipinski definition) is 2. The zero-order valence-corrected chi connectivity index (χ0v) is 11.9. The molecule has 3 N–H and O–H groups in total. The van der Waals surface area contributed by atoms with Gasteiger partial charge in [-0.05, 0) is 18.4 Å². The molecule has 1 aliphatic heterocycles. The summed E-state index contributed by atoms with van der Waals surface area (Å²) in [7, 11) is -3.27. The fourth-order valence-corrected chi connectivity index (χ4v) is 3.37. The average molecular weight is 305 g/mol. The van der Waals surface area contributed by atoms with Crippen LogP contribution in [0.5, 0.6) is 0 Å². The van der Waals surface area contributed by atoms with Crippen LogP contribution in [0, 0.1) is 0 Å². The SMILES string of the molecule is Cl.N[C@@H](Cc1ccccc1)C(=O)[C@@H]1CCS(=O)(=O)N1. The third-order valence-corrected chi connectivity index (χ3v) is 4.42. The highest BCUT2D eigenvalue weighted by Crippen LogP contribution is 2.11. The lowest BCUT2D eigenvalue weighted by Crippen LogP contribution is -2.44. The van der Waals surface area contributed by atoms with Gasteiger partial charge >= 0.3 is 0 Å². The molecule has 0 spiro atoms. The molecule has 106 valence electrons. The van der Waals surface area contributed by atoms with Crippen molar-refractivity contribution in [2.45, 2.75) is 24.9 Å². The van der Waals surface area contributed by atoms with Gasteiger partial charge in [-0.3, -0.25) is 4.79 Å². The molecule has 0 unspecified atom stereocenters. The van der Waals surface area contributed by atoms with E-state index in [0.29, 0.717) is 12.8 Å². The summed E-state index contributed by atoms with van der Waals surface area (Å²) in [6, 6.07) is 8.11. The minimum absolute atomic E-state index is 0. The van der Waals surface area contributed by atoms with Crippen molar-refractivity contribution in [3.63, 3.8) is 0 Å². The normalized spacial score (nSPS) is 22.5. The van der Waals surface area contributed by atoms with Gasteiger partial charge in [0.15, 0.2) is 5.78 Å². The van der Waals surface area contributed by atoms with Crippen LogP contribution in [0.4, 0.5) is 0 Å². The maximum atomic E-state index is 12.0. The highest BCUT2D eigenvalue weighted by Gasteiger charge is 2.34. The molecule has 1 aromatic carbocycles. The Morgan fingerprint density at radius 2 is 2.00 bits per heavy atom. The molecule has 1 saturated heterocycles. The van der Waals surface area contributed by atoms with Crippen LogP contribution >= 0.6 is 12.4 Å². The molecule has 0 amide bonds. The Morgan fingerprint density at radius 1 is 1.37 bits per heavy atom. The van der Waals surface area contributed by atoms with Crippen molar-refractivity contribution < 1.29 is 13.2 Å². The second-order valence-electron chi connectivity index (χ2n) is 4.48. The number of benzene rings is 1. The number of halogens is 1. The molecule has 1 fully saturated rings. The monoisotopic (exact) mass is 304 g/mol. The van der Waals surface area contributed by atoms with E-state index in [2.05, 4.69) is 4.72 Å². The van der Waals surface area contributed by atoms with Gasteiger partial charge in [-0.15, -0.1) is 12.4 Å². The standard InChI is InChI=1S/C12H16N2O3S.ClH/c13-10(8-9-4-2-1-3-5-9)12(15)11-6-7-18(16,17)14-11;/h1-5,10-11,14H,6-8,13H2;1H/t10-,11-;/m0./s1.